The molecule has 0 aromatic heterocycles. The summed E-state index contributed by atoms with van der Waals surface area (Å²) < 4.78 is 26.5. The third-order valence-corrected chi connectivity index (χ3v) is 4.83. The molecule has 0 spiro atoms. The number of nitriles is 1. The molecule has 9 heteroatoms. The Hall–Kier alpha value is -1.33. The lowest BCUT2D eigenvalue weighted by atomic mass is 9.97. The average molecular weight is 351 g/mol. The van der Waals surface area contributed by atoms with Crippen LogP contribution in [0.25, 0.3) is 0 Å². The van der Waals surface area contributed by atoms with E-state index in [0.717, 1.165) is 12.1 Å². The van der Waals surface area contributed by atoms with Gasteiger partial charge in [0.05, 0.1) is 27.1 Å². The Labute approximate surface area is 132 Å². The maximum atomic E-state index is 12.2. The quantitative estimate of drug-likeness (QED) is 0.848. The van der Waals surface area contributed by atoms with Crippen LogP contribution in [0.2, 0.25) is 10.0 Å². The van der Waals surface area contributed by atoms with Gasteiger partial charge in [0.25, 0.3) is 0 Å². The number of carboxylic acids is 1. The van der Waals surface area contributed by atoms with Crippen molar-refractivity contribution in [2.75, 3.05) is 6.54 Å². The maximum Gasteiger partial charge on any atom is 0.338 e. The Morgan fingerprint density at radius 3 is 2.48 bits per heavy atom. The molecule has 0 saturated carbocycles. The van der Waals surface area contributed by atoms with Crippen LogP contribution in [0.1, 0.15) is 24.2 Å². The number of carboxylic acid groups (broad SMARTS) is 1. The van der Waals surface area contributed by atoms with Gasteiger partial charge in [0.1, 0.15) is 4.90 Å². The standard InChI is InChI=1S/C12H12Cl2N2O4S/c1-12(2,5-15)6-16-21(19,20)8-4-3-7(13)9(10(8)14)11(17)18/h3-4,16H,6H2,1-2H3,(H,17,18). The van der Waals surface area contributed by atoms with Gasteiger partial charge in [-0.15, -0.1) is 0 Å². The van der Waals surface area contributed by atoms with Crippen LogP contribution in [-0.4, -0.2) is 26.0 Å². The first-order chi connectivity index (χ1) is 9.52. The Balaban J connectivity index is 3.26. The van der Waals surface area contributed by atoms with Gasteiger partial charge in [-0.3, -0.25) is 0 Å². The predicted molar refractivity (Wildman–Crippen MR) is 78.0 cm³/mol. The first-order valence-electron chi connectivity index (χ1n) is 5.64. The SMILES string of the molecule is CC(C)(C#N)CNS(=O)(=O)c1ccc(Cl)c(C(=O)O)c1Cl. The largest absolute Gasteiger partial charge is 0.478 e. The molecule has 0 amide bonds. The summed E-state index contributed by atoms with van der Waals surface area (Å²) in [6.45, 7) is 2.97. The van der Waals surface area contributed by atoms with Crippen molar-refractivity contribution in [1.82, 2.24) is 4.72 Å². The molecule has 21 heavy (non-hydrogen) atoms. The molecule has 0 heterocycles. The molecule has 0 aliphatic heterocycles. The number of carbonyl (C=O) groups is 1. The Morgan fingerprint density at radius 2 is 2.00 bits per heavy atom. The van der Waals surface area contributed by atoms with Crippen molar-refractivity contribution in [3.63, 3.8) is 0 Å². The fourth-order valence-corrected chi connectivity index (χ4v) is 3.46. The number of nitrogens with zero attached hydrogens (tertiary/aromatic N) is 1. The molecule has 1 rings (SSSR count). The van der Waals surface area contributed by atoms with Gasteiger partial charge in [0.2, 0.25) is 10.0 Å². The molecule has 0 bridgehead atoms. The molecule has 114 valence electrons. The summed E-state index contributed by atoms with van der Waals surface area (Å²) in [6.07, 6.45) is 0. The predicted octanol–water partition coefficient (Wildman–Crippen LogP) is 2.52. The third-order valence-electron chi connectivity index (χ3n) is 2.57. The first-order valence-corrected chi connectivity index (χ1v) is 7.88. The third kappa shape index (κ3) is 4.08. The minimum absolute atomic E-state index is 0.146. The number of benzene rings is 1. The molecule has 0 radical (unpaired) electrons. The Kier molecular flexibility index (Phi) is 5.23. The summed E-state index contributed by atoms with van der Waals surface area (Å²) in [5, 5.41) is 17.2. The van der Waals surface area contributed by atoms with E-state index in [1.54, 1.807) is 13.8 Å². The summed E-state index contributed by atoms with van der Waals surface area (Å²) in [4.78, 5) is 10.7. The zero-order valence-corrected chi connectivity index (χ0v) is 13.5. The van der Waals surface area contributed by atoms with Crippen molar-refractivity contribution < 1.29 is 18.3 Å². The highest BCUT2D eigenvalue weighted by Gasteiger charge is 2.27. The lowest BCUT2D eigenvalue weighted by Crippen LogP contribution is -2.33. The van der Waals surface area contributed by atoms with Gasteiger partial charge >= 0.3 is 5.97 Å². The van der Waals surface area contributed by atoms with E-state index in [0.29, 0.717) is 0 Å². The van der Waals surface area contributed by atoms with Crippen molar-refractivity contribution in [2.45, 2.75) is 18.7 Å². The van der Waals surface area contributed by atoms with E-state index in [1.807, 2.05) is 6.07 Å². The minimum Gasteiger partial charge on any atom is -0.478 e. The van der Waals surface area contributed by atoms with Gasteiger partial charge in [-0.1, -0.05) is 23.2 Å². The molecular formula is C12H12Cl2N2O4S. The second-order valence-corrected chi connectivity index (χ2v) is 7.38. The fourth-order valence-electron chi connectivity index (χ4n) is 1.33. The number of sulfonamides is 1. The van der Waals surface area contributed by atoms with Gasteiger partial charge in [-0.05, 0) is 26.0 Å². The van der Waals surface area contributed by atoms with Gasteiger partial charge in [-0.25, -0.2) is 17.9 Å². The second kappa shape index (κ2) is 6.20. The van der Waals surface area contributed by atoms with Crippen molar-refractivity contribution in [2.24, 2.45) is 5.41 Å². The minimum atomic E-state index is -4.06. The zero-order valence-electron chi connectivity index (χ0n) is 11.1. The molecule has 1 aromatic carbocycles. The highest BCUT2D eigenvalue weighted by atomic mass is 35.5. The smallest absolute Gasteiger partial charge is 0.338 e. The summed E-state index contributed by atoms with van der Waals surface area (Å²) in [6, 6.07) is 4.19. The van der Waals surface area contributed by atoms with E-state index in [1.165, 1.54) is 0 Å². The number of hydrogen-bond acceptors (Lipinski definition) is 4. The molecule has 0 saturated heterocycles. The van der Waals surface area contributed by atoms with E-state index in [9.17, 15) is 13.2 Å². The van der Waals surface area contributed by atoms with E-state index >= 15 is 0 Å². The summed E-state index contributed by atoms with van der Waals surface area (Å²) in [7, 11) is -4.06. The molecule has 0 atom stereocenters. The number of aromatic carboxylic acids is 1. The average Bonchev–Trinajstić information content (AvgIpc) is 2.36. The number of hydrogen-bond donors (Lipinski definition) is 2. The van der Waals surface area contributed by atoms with E-state index in [4.69, 9.17) is 33.6 Å². The maximum absolute atomic E-state index is 12.2. The zero-order chi connectivity index (χ0) is 16.4. The van der Waals surface area contributed by atoms with Crippen LogP contribution in [-0.2, 0) is 10.0 Å². The van der Waals surface area contributed by atoms with Crippen molar-refractivity contribution >= 4 is 39.2 Å². The lowest BCUT2D eigenvalue weighted by Gasteiger charge is -2.17. The highest BCUT2D eigenvalue weighted by Crippen LogP contribution is 2.31. The normalized spacial score (nSPS) is 12.0. The van der Waals surface area contributed by atoms with Crippen LogP contribution in [0.4, 0.5) is 0 Å². The van der Waals surface area contributed by atoms with E-state index in [2.05, 4.69) is 4.72 Å². The van der Waals surface area contributed by atoms with E-state index < -0.39 is 36.9 Å². The van der Waals surface area contributed by atoms with Crippen molar-refractivity contribution in [1.29, 1.82) is 5.26 Å². The topological polar surface area (TPSA) is 107 Å². The second-order valence-electron chi connectivity index (χ2n) is 4.86. The van der Waals surface area contributed by atoms with Crippen LogP contribution in [0.5, 0.6) is 0 Å². The van der Waals surface area contributed by atoms with Crippen LogP contribution >= 0.6 is 23.2 Å². The van der Waals surface area contributed by atoms with Gasteiger partial charge in [0, 0.05) is 6.54 Å². The van der Waals surface area contributed by atoms with Crippen molar-refractivity contribution in [3.05, 3.63) is 27.7 Å². The van der Waals surface area contributed by atoms with Gasteiger partial charge < -0.3 is 5.11 Å². The van der Waals surface area contributed by atoms with Crippen molar-refractivity contribution in [3.8, 4) is 6.07 Å². The molecular weight excluding hydrogens is 339 g/mol. The number of halogens is 2. The first kappa shape index (κ1) is 17.7. The number of rotatable bonds is 5. The lowest BCUT2D eigenvalue weighted by molar-refractivity contribution is 0.0697. The molecule has 1 aromatic rings. The molecule has 0 aliphatic carbocycles. The monoisotopic (exact) mass is 350 g/mol. The Morgan fingerprint density at radius 1 is 1.43 bits per heavy atom. The van der Waals surface area contributed by atoms with Crippen LogP contribution < -0.4 is 4.72 Å². The molecule has 6 nitrogen and oxygen atoms in total. The summed E-state index contributed by atoms with van der Waals surface area (Å²) in [5.74, 6) is -1.43. The molecule has 0 aliphatic rings. The van der Waals surface area contributed by atoms with Gasteiger partial charge in [0.15, 0.2) is 0 Å². The highest BCUT2D eigenvalue weighted by molar-refractivity contribution is 7.89. The summed E-state index contributed by atoms with van der Waals surface area (Å²) in [5.41, 5.74) is -1.40. The van der Waals surface area contributed by atoms with Crippen LogP contribution in [0, 0.1) is 16.7 Å². The summed E-state index contributed by atoms with van der Waals surface area (Å²) >= 11 is 11.5. The molecule has 2 N–H and O–H groups in total. The molecule has 0 unspecified atom stereocenters. The van der Waals surface area contributed by atoms with Crippen LogP contribution in [0.15, 0.2) is 17.0 Å². The van der Waals surface area contributed by atoms with E-state index in [-0.39, 0.29) is 11.6 Å². The van der Waals surface area contributed by atoms with Crippen LogP contribution in [0.3, 0.4) is 0 Å². The fraction of sp³-hybridized carbons (Fsp3) is 0.333. The van der Waals surface area contributed by atoms with Gasteiger partial charge in [-0.2, -0.15) is 5.26 Å². The number of nitrogens with one attached hydrogen (secondary N) is 1. The molecule has 0 fully saturated rings. The Bertz CT molecular complexity index is 724.